The van der Waals surface area contributed by atoms with Crippen LogP contribution in [-0.4, -0.2) is 24.1 Å². The largest absolute Gasteiger partial charge is 0.278 e. The summed E-state index contributed by atoms with van der Waals surface area (Å²) in [6.45, 7) is 27.3. The van der Waals surface area contributed by atoms with Crippen molar-refractivity contribution in [2.45, 2.75) is 105 Å². The van der Waals surface area contributed by atoms with E-state index < -0.39 is 0 Å². The molecule has 5 heteroatoms. The van der Waals surface area contributed by atoms with E-state index in [2.05, 4.69) is 177 Å². The standard InChI is InChI=1S/C49H53N5/c1-46(2,3)31-18-22-39-35(26-31)36-27-32(47(4,5)6)19-23-40(36)53(39)44-50-43(30-16-14-13-15-17-30)51-45(52-44)54-41-24-20-33(48(7,8)9)28-37(41)38-29-34(49(10,11)12)21-25-42(38)54/h13-29H,1-12H3. The highest BCUT2D eigenvalue weighted by molar-refractivity contribution is 6.11. The molecule has 0 atom stereocenters. The molecule has 54 heavy (non-hydrogen) atoms. The summed E-state index contributed by atoms with van der Waals surface area (Å²) < 4.78 is 4.48. The van der Waals surface area contributed by atoms with Crippen molar-refractivity contribution in [2.75, 3.05) is 0 Å². The predicted octanol–water partition coefficient (Wildman–Crippen LogP) is 12.9. The van der Waals surface area contributed by atoms with E-state index in [1.807, 2.05) is 18.2 Å². The maximum Gasteiger partial charge on any atom is 0.240 e. The van der Waals surface area contributed by atoms with Crippen molar-refractivity contribution in [1.82, 2.24) is 24.1 Å². The molecular weight excluding hydrogens is 659 g/mol. The molecular formula is C49H53N5. The van der Waals surface area contributed by atoms with Gasteiger partial charge in [-0.05, 0) is 92.4 Å². The van der Waals surface area contributed by atoms with Crippen molar-refractivity contribution < 1.29 is 0 Å². The third-order valence-corrected chi connectivity index (χ3v) is 11.0. The topological polar surface area (TPSA) is 48.5 Å². The van der Waals surface area contributed by atoms with Gasteiger partial charge in [-0.2, -0.15) is 15.0 Å². The van der Waals surface area contributed by atoms with Crippen molar-refractivity contribution in [1.29, 1.82) is 0 Å². The van der Waals surface area contributed by atoms with Crippen LogP contribution in [0.15, 0.2) is 103 Å². The second-order valence-electron chi connectivity index (χ2n) is 19.2. The molecule has 3 heterocycles. The molecule has 0 saturated carbocycles. The molecule has 0 unspecified atom stereocenters. The van der Waals surface area contributed by atoms with Gasteiger partial charge in [0, 0.05) is 27.1 Å². The molecule has 0 aliphatic rings. The average Bonchev–Trinajstić information content (AvgIpc) is 3.62. The van der Waals surface area contributed by atoms with Crippen LogP contribution in [0.5, 0.6) is 0 Å². The number of rotatable bonds is 3. The lowest BCUT2D eigenvalue weighted by atomic mass is 9.85. The summed E-state index contributed by atoms with van der Waals surface area (Å²) >= 11 is 0. The van der Waals surface area contributed by atoms with Crippen molar-refractivity contribution in [3.8, 4) is 23.3 Å². The minimum absolute atomic E-state index is 0.00130. The molecule has 0 N–H and O–H groups in total. The number of aromatic nitrogens is 5. The van der Waals surface area contributed by atoms with Gasteiger partial charge in [0.2, 0.25) is 11.9 Å². The van der Waals surface area contributed by atoms with E-state index in [9.17, 15) is 0 Å². The Bertz CT molecular complexity index is 2420. The normalized spacial score (nSPS) is 13.2. The third-order valence-electron chi connectivity index (χ3n) is 11.0. The predicted molar refractivity (Wildman–Crippen MR) is 229 cm³/mol. The summed E-state index contributed by atoms with van der Waals surface area (Å²) in [6, 6.07) is 37.8. The molecule has 0 radical (unpaired) electrons. The second kappa shape index (κ2) is 12.1. The zero-order valence-electron chi connectivity index (χ0n) is 34.1. The Balaban J connectivity index is 1.48. The lowest BCUT2D eigenvalue weighted by Gasteiger charge is -2.19. The zero-order chi connectivity index (χ0) is 38.5. The first-order valence-corrected chi connectivity index (χ1v) is 19.3. The SMILES string of the molecule is CC(C)(C)c1ccc2c(c1)c1cc(C(C)(C)C)ccc1n2-c1nc(-c2ccccc2)nc(-n2c3ccc(C(C)(C)C)cc3c3cc(C(C)(C)C)ccc32)n1. The number of hydrogen-bond donors (Lipinski definition) is 0. The molecule has 0 bridgehead atoms. The van der Waals surface area contributed by atoms with Crippen LogP contribution in [0.2, 0.25) is 0 Å². The molecule has 8 aromatic rings. The van der Waals surface area contributed by atoms with Crippen LogP contribution in [0.3, 0.4) is 0 Å². The van der Waals surface area contributed by atoms with Crippen LogP contribution in [0.4, 0.5) is 0 Å². The Hall–Kier alpha value is -5.29. The summed E-state index contributed by atoms with van der Waals surface area (Å²) in [5, 5.41) is 4.81. The van der Waals surface area contributed by atoms with Crippen LogP contribution in [0, 0.1) is 0 Å². The first-order valence-electron chi connectivity index (χ1n) is 19.3. The van der Waals surface area contributed by atoms with Crippen molar-refractivity contribution >= 4 is 43.6 Å². The number of nitrogens with zero attached hydrogens (tertiary/aromatic N) is 5. The van der Waals surface area contributed by atoms with Gasteiger partial charge < -0.3 is 0 Å². The van der Waals surface area contributed by atoms with Gasteiger partial charge in [0.05, 0.1) is 22.1 Å². The smallest absolute Gasteiger partial charge is 0.240 e. The van der Waals surface area contributed by atoms with Crippen LogP contribution in [-0.2, 0) is 21.7 Å². The van der Waals surface area contributed by atoms with Crippen molar-refractivity contribution in [2.24, 2.45) is 0 Å². The van der Waals surface area contributed by atoms with E-state index in [0.29, 0.717) is 17.7 Å². The Labute approximate surface area is 320 Å². The molecule has 5 aromatic carbocycles. The van der Waals surface area contributed by atoms with Gasteiger partial charge in [0.25, 0.3) is 0 Å². The minimum Gasteiger partial charge on any atom is -0.278 e. The zero-order valence-corrected chi connectivity index (χ0v) is 34.1. The lowest BCUT2D eigenvalue weighted by Crippen LogP contribution is -2.12. The summed E-state index contributed by atoms with van der Waals surface area (Å²) in [5.74, 6) is 1.83. The van der Waals surface area contributed by atoms with Crippen LogP contribution >= 0.6 is 0 Å². The van der Waals surface area contributed by atoms with Gasteiger partial charge in [-0.25, -0.2) is 0 Å². The fraction of sp³-hybridized carbons (Fsp3) is 0.327. The molecule has 8 rings (SSSR count). The van der Waals surface area contributed by atoms with E-state index in [1.165, 1.54) is 43.8 Å². The van der Waals surface area contributed by atoms with Crippen molar-refractivity contribution in [3.63, 3.8) is 0 Å². The minimum atomic E-state index is 0.00130. The molecule has 0 amide bonds. The Morgan fingerprint density at radius 1 is 0.352 bits per heavy atom. The molecule has 5 nitrogen and oxygen atoms in total. The van der Waals surface area contributed by atoms with Gasteiger partial charge in [-0.15, -0.1) is 0 Å². The fourth-order valence-electron chi connectivity index (χ4n) is 7.61. The maximum absolute atomic E-state index is 5.43. The molecule has 0 saturated heterocycles. The van der Waals surface area contributed by atoms with E-state index in [0.717, 1.165) is 27.6 Å². The van der Waals surface area contributed by atoms with Gasteiger partial charge in [0.15, 0.2) is 5.82 Å². The highest BCUT2D eigenvalue weighted by Crippen LogP contribution is 2.40. The molecule has 0 aliphatic heterocycles. The molecule has 0 fully saturated rings. The number of fused-ring (bicyclic) bond motifs is 6. The second-order valence-corrected chi connectivity index (χ2v) is 19.2. The van der Waals surface area contributed by atoms with Crippen LogP contribution < -0.4 is 0 Å². The van der Waals surface area contributed by atoms with Gasteiger partial charge in [0.1, 0.15) is 0 Å². The van der Waals surface area contributed by atoms with Crippen LogP contribution in [0.25, 0.3) is 66.9 Å². The Kier molecular flexibility index (Phi) is 8.01. The van der Waals surface area contributed by atoms with E-state index in [-0.39, 0.29) is 21.7 Å². The quantitative estimate of drug-likeness (QED) is 0.183. The first-order chi connectivity index (χ1) is 25.3. The average molecular weight is 712 g/mol. The van der Waals surface area contributed by atoms with E-state index >= 15 is 0 Å². The maximum atomic E-state index is 5.43. The summed E-state index contributed by atoms with van der Waals surface area (Å²) in [7, 11) is 0. The fourth-order valence-corrected chi connectivity index (χ4v) is 7.61. The van der Waals surface area contributed by atoms with E-state index in [1.54, 1.807) is 0 Å². The number of benzene rings is 5. The van der Waals surface area contributed by atoms with Gasteiger partial charge in [-0.3, -0.25) is 9.13 Å². The molecule has 3 aromatic heterocycles. The molecule has 0 spiro atoms. The van der Waals surface area contributed by atoms with Crippen molar-refractivity contribution in [3.05, 3.63) is 125 Å². The van der Waals surface area contributed by atoms with Crippen LogP contribution in [0.1, 0.15) is 105 Å². The summed E-state index contributed by atoms with van der Waals surface area (Å²) in [6.07, 6.45) is 0. The summed E-state index contributed by atoms with van der Waals surface area (Å²) in [5.41, 5.74) is 10.4. The highest BCUT2D eigenvalue weighted by atomic mass is 15.3. The lowest BCUT2D eigenvalue weighted by molar-refractivity contribution is 0.590. The van der Waals surface area contributed by atoms with Gasteiger partial charge in [-0.1, -0.05) is 138 Å². The monoisotopic (exact) mass is 711 g/mol. The molecule has 274 valence electrons. The summed E-state index contributed by atoms with van der Waals surface area (Å²) in [4.78, 5) is 16.0. The Morgan fingerprint density at radius 2 is 0.648 bits per heavy atom. The highest BCUT2D eigenvalue weighted by Gasteiger charge is 2.25. The van der Waals surface area contributed by atoms with E-state index in [4.69, 9.17) is 15.0 Å². The first kappa shape index (κ1) is 35.7. The third kappa shape index (κ3) is 6.08. The molecule has 0 aliphatic carbocycles. The van der Waals surface area contributed by atoms with Gasteiger partial charge >= 0.3 is 0 Å². The number of hydrogen-bond acceptors (Lipinski definition) is 3. The Morgan fingerprint density at radius 3 is 0.926 bits per heavy atom.